The van der Waals surface area contributed by atoms with Gasteiger partial charge in [-0.05, 0) is 0 Å². The van der Waals surface area contributed by atoms with Crippen LogP contribution in [0.1, 0.15) is 6.92 Å². The Labute approximate surface area is 48.3 Å². The summed E-state index contributed by atoms with van der Waals surface area (Å²) < 4.78 is 33.1. The number of rotatable bonds is 0. The molecule has 0 aliphatic heterocycles. The van der Waals surface area contributed by atoms with Crippen molar-refractivity contribution in [2.45, 2.75) is 12.4 Å². The Morgan fingerprint density at radius 1 is 1.50 bits per heavy atom. The fourth-order valence-electron chi connectivity index (χ4n) is 0.163. The number of carbonyl (C=O) groups excluding carboxylic acids is 1. The molecule has 0 N–H and O–H groups in total. The van der Waals surface area contributed by atoms with E-state index in [1.54, 1.807) is 0 Å². The summed E-state index contributed by atoms with van der Waals surface area (Å²) in [4.78, 5) is 9.70. The third-order valence-electron chi connectivity index (χ3n) is 0.259. The van der Waals surface area contributed by atoms with Crippen molar-refractivity contribution in [1.29, 1.82) is 0 Å². The quantitative estimate of drug-likeness (QED) is 0.515. The summed E-state index contributed by atoms with van der Waals surface area (Å²) in [5, 5.41) is -0.933. The maximum atomic E-state index is 11.0. The molecular weight excluding hydrogens is 141 g/mol. The second-order valence-electron chi connectivity index (χ2n) is 1.04. The van der Waals surface area contributed by atoms with Gasteiger partial charge in [-0.1, -0.05) is 0 Å². The minimum Gasteiger partial charge on any atom is -0.287 e. The molecule has 0 atom stereocenters. The molecule has 0 saturated heterocycles. The van der Waals surface area contributed by atoms with Crippen molar-refractivity contribution in [3.63, 3.8) is 0 Å². The van der Waals surface area contributed by atoms with Crippen LogP contribution >= 0.6 is 11.8 Å². The third-order valence-corrected chi connectivity index (χ3v) is 0.778. The monoisotopic (exact) mass is 144 g/mol. The molecule has 1 nitrogen and oxygen atoms in total. The number of halogens is 3. The van der Waals surface area contributed by atoms with Crippen LogP contribution in [-0.4, -0.2) is 10.6 Å². The lowest BCUT2D eigenvalue weighted by Gasteiger charge is -1.98. The number of carbonyl (C=O) groups is 1. The molecule has 0 aromatic rings. The van der Waals surface area contributed by atoms with Gasteiger partial charge in [0.15, 0.2) is 5.12 Å². The second-order valence-corrected chi connectivity index (χ2v) is 2.28. The first kappa shape index (κ1) is 7.81. The Kier molecular flexibility index (Phi) is 2.33. The summed E-state index contributed by atoms with van der Waals surface area (Å²) in [6.45, 7) is 0.873. The molecule has 0 aliphatic rings. The van der Waals surface area contributed by atoms with E-state index in [1.165, 1.54) is 0 Å². The molecule has 0 aromatic carbocycles. The summed E-state index contributed by atoms with van der Waals surface area (Å²) in [5.74, 6) is 0. The molecule has 0 aliphatic carbocycles. The van der Waals surface area contributed by atoms with Crippen molar-refractivity contribution in [3.05, 3.63) is 0 Å². The summed E-state index contributed by atoms with van der Waals surface area (Å²) >= 11 is -0.627. The van der Waals surface area contributed by atoms with Gasteiger partial charge in [0.2, 0.25) is 0 Å². The maximum Gasteiger partial charge on any atom is 0.449 e. The van der Waals surface area contributed by atoms with Crippen molar-refractivity contribution < 1.29 is 18.0 Å². The summed E-state index contributed by atoms with van der Waals surface area (Å²) in [5.41, 5.74) is -4.41. The Balaban J connectivity index is 3.55. The Hall–Kier alpha value is -0.190. The van der Waals surface area contributed by atoms with Crippen molar-refractivity contribution in [1.82, 2.24) is 0 Å². The molecule has 0 fully saturated rings. The zero-order chi connectivity index (χ0) is 6.78. The van der Waals surface area contributed by atoms with Crippen molar-refractivity contribution in [2.75, 3.05) is 0 Å². The van der Waals surface area contributed by atoms with Gasteiger partial charge in [0, 0.05) is 18.7 Å². The fourth-order valence-corrected chi connectivity index (χ4v) is 0.489. The van der Waals surface area contributed by atoms with E-state index in [1.807, 2.05) is 0 Å². The first-order valence-electron chi connectivity index (χ1n) is 1.68. The van der Waals surface area contributed by atoms with E-state index in [-0.39, 0.29) is 0 Å². The largest absolute Gasteiger partial charge is 0.449 e. The third kappa shape index (κ3) is 5.81. The average Bonchev–Trinajstić information content (AvgIpc) is 1.21. The normalized spacial score (nSPS) is 11.5. The molecule has 0 spiro atoms. The van der Waals surface area contributed by atoms with Crippen molar-refractivity contribution in [2.24, 2.45) is 0 Å². The highest BCUT2D eigenvalue weighted by molar-refractivity contribution is 8.14. The van der Waals surface area contributed by atoms with Crippen LogP contribution in [0.2, 0.25) is 0 Å². The molecule has 0 heterocycles. The van der Waals surface area contributed by atoms with Crippen LogP contribution in [0.5, 0.6) is 0 Å². The highest BCUT2D eigenvalue weighted by Crippen LogP contribution is 2.30. The topological polar surface area (TPSA) is 17.1 Å². The Morgan fingerprint density at radius 2 is 1.88 bits per heavy atom. The first-order chi connectivity index (χ1) is 3.42. The van der Waals surface area contributed by atoms with Crippen LogP contribution in [0, 0.1) is 0 Å². The lowest BCUT2D eigenvalue weighted by Crippen LogP contribution is -2.02. The van der Waals surface area contributed by atoms with Crippen molar-refractivity contribution in [3.8, 4) is 0 Å². The van der Waals surface area contributed by atoms with Gasteiger partial charge in [0.25, 0.3) is 0 Å². The minimum absolute atomic E-state index is 0.627. The van der Waals surface area contributed by atoms with Crippen molar-refractivity contribution >= 4 is 16.9 Å². The van der Waals surface area contributed by atoms with Crippen LogP contribution < -0.4 is 0 Å². The highest BCUT2D eigenvalue weighted by Gasteiger charge is 2.30. The molecule has 0 aromatic heterocycles. The van der Waals surface area contributed by atoms with Crippen LogP contribution in [0.4, 0.5) is 13.2 Å². The average molecular weight is 144 g/mol. The zero-order valence-corrected chi connectivity index (χ0v) is 4.77. The standard InChI is InChI=1S/C3H3F3OS/c1-2(7)8-3(4,5)6/h1H3. The minimum atomic E-state index is -4.41. The van der Waals surface area contributed by atoms with Gasteiger partial charge in [-0.3, -0.25) is 4.79 Å². The second kappa shape index (κ2) is 2.39. The van der Waals surface area contributed by atoms with Crippen LogP contribution in [0.15, 0.2) is 0 Å². The molecule has 48 valence electrons. The van der Waals surface area contributed by atoms with E-state index in [4.69, 9.17) is 0 Å². The van der Waals surface area contributed by atoms with Crippen LogP contribution in [0.25, 0.3) is 0 Å². The highest BCUT2D eigenvalue weighted by atomic mass is 32.2. The smallest absolute Gasteiger partial charge is 0.287 e. The number of thioether (sulfide) groups is 1. The summed E-state index contributed by atoms with van der Waals surface area (Å²) in [7, 11) is 0. The zero-order valence-electron chi connectivity index (χ0n) is 3.95. The molecule has 5 heteroatoms. The van der Waals surface area contributed by atoms with Gasteiger partial charge in [-0.2, -0.15) is 13.2 Å². The van der Waals surface area contributed by atoms with Gasteiger partial charge in [0.1, 0.15) is 0 Å². The molecular formula is C3H3F3OS. The SMILES string of the molecule is CC(=O)SC(F)(F)F. The molecule has 0 radical (unpaired) electrons. The lowest BCUT2D eigenvalue weighted by molar-refractivity contribution is -0.110. The van der Waals surface area contributed by atoms with Crippen LogP contribution in [-0.2, 0) is 4.79 Å². The number of hydrogen-bond acceptors (Lipinski definition) is 2. The van der Waals surface area contributed by atoms with Gasteiger partial charge < -0.3 is 0 Å². The van der Waals surface area contributed by atoms with Gasteiger partial charge in [0.05, 0.1) is 0 Å². The Bertz CT molecular complexity index is 97.2. The number of alkyl halides is 3. The van der Waals surface area contributed by atoms with Crippen LogP contribution in [0.3, 0.4) is 0 Å². The van der Waals surface area contributed by atoms with E-state index >= 15 is 0 Å². The van der Waals surface area contributed by atoms with E-state index < -0.39 is 22.4 Å². The van der Waals surface area contributed by atoms with Gasteiger partial charge in [-0.15, -0.1) is 0 Å². The first-order valence-corrected chi connectivity index (χ1v) is 2.50. The van der Waals surface area contributed by atoms with Gasteiger partial charge >= 0.3 is 5.51 Å². The fraction of sp³-hybridized carbons (Fsp3) is 0.667. The summed E-state index contributed by atoms with van der Waals surface area (Å²) in [6.07, 6.45) is 0. The molecule has 0 rings (SSSR count). The summed E-state index contributed by atoms with van der Waals surface area (Å²) in [6, 6.07) is 0. The molecule has 0 amide bonds. The molecule has 0 bridgehead atoms. The number of hydrogen-bond donors (Lipinski definition) is 0. The Morgan fingerprint density at radius 3 is 1.88 bits per heavy atom. The van der Waals surface area contributed by atoms with E-state index in [9.17, 15) is 18.0 Å². The lowest BCUT2D eigenvalue weighted by atomic mass is 10.9. The van der Waals surface area contributed by atoms with E-state index in [0.29, 0.717) is 0 Å². The van der Waals surface area contributed by atoms with E-state index in [2.05, 4.69) is 0 Å². The van der Waals surface area contributed by atoms with Gasteiger partial charge in [-0.25, -0.2) is 0 Å². The maximum absolute atomic E-state index is 11.0. The molecule has 0 saturated carbocycles. The molecule has 8 heavy (non-hydrogen) atoms. The predicted octanol–water partition coefficient (Wildman–Crippen LogP) is 1.79. The predicted molar refractivity (Wildman–Crippen MR) is 24.3 cm³/mol. The molecule has 0 unspecified atom stereocenters. The van der Waals surface area contributed by atoms with E-state index in [0.717, 1.165) is 6.92 Å².